The summed E-state index contributed by atoms with van der Waals surface area (Å²) >= 11 is 0. The van der Waals surface area contributed by atoms with E-state index >= 15 is 0 Å². The average Bonchev–Trinajstić information content (AvgIpc) is 2.22. The van der Waals surface area contributed by atoms with Gasteiger partial charge in [-0.15, -0.1) is 0 Å². The molecule has 0 saturated heterocycles. The summed E-state index contributed by atoms with van der Waals surface area (Å²) in [5.74, 6) is 0.831. The van der Waals surface area contributed by atoms with Gasteiger partial charge in [-0.3, -0.25) is 4.79 Å². The van der Waals surface area contributed by atoms with E-state index in [1.165, 1.54) is 6.42 Å². The summed E-state index contributed by atoms with van der Waals surface area (Å²) in [4.78, 5) is 10.9. The van der Waals surface area contributed by atoms with Crippen molar-refractivity contribution in [2.75, 3.05) is 13.6 Å². The van der Waals surface area contributed by atoms with Gasteiger partial charge in [-0.2, -0.15) is 0 Å². The third-order valence-electron chi connectivity index (χ3n) is 2.82. The first kappa shape index (κ1) is 13.4. The summed E-state index contributed by atoms with van der Waals surface area (Å²) in [5, 5.41) is 6.05. The molecule has 3 heteroatoms. The Morgan fingerprint density at radius 2 is 2.00 bits per heavy atom. The van der Waals surface area contributed by atoms with E-state index in [2.05, 4.69) is 31.4 Å². The van der Waals surface area contributed by atoms with Crippen LogP contribution < -0.4 is 10.6 Å². The van der Waals surface area contributed by atoms with Crippen LogP contribution in [0, 0.1) is 5.92 Å². The lowest BCUT2D eigenvalue weighted by Crippen LogP contribution is -2.33. The fraction of sp³-hybridized carbons (Fsp3) is 0.909. The minimum atomic E-state index is 0.128. The highest BCUT2D eigenvalue weighted by Gasteiger charge is 2.08. The molecule has 0 rings (SSSR count). The van der Waals surface area contributed by atoms with Crippen molar-refractivity contribution in [3.8, 4) is 0 Å². The van der Waals surface area contributed by atoms with E-state index in [0.29, 0.717) is 18.4 Å². The van der Waals surface area contributed by atoms with Crippen LogP contribution in [-0.2, 0) is 4.79 Å². The number of amides is 1. The van der Waals surface area contributed by atoms with Crippen LogP contribution in [0.2, 0.25) is 0 Å². The molecule has 0 aromatic rings. The number of hydrogen-bond donors (Lipinski definition) is 2. The van der Waals surface area contributed by atoms with Crippen molar-refractivity contribution < 1.29 is 4.79 Å². The first-order chi connectivity index (χ1) is 6.61. The molecule has 2 atom stereocenters. The highest BCUT2D eigenvalue weighted by molar-refractivity contribution is 5.75. The zero-order valence-corrected chi connectivity index (χ0v) is 9.89. The minimum absolute atomic E-state index is 0.128. The first-order valence-electron chi connectivity index (χ1n) is 5.55. The molecule has 0 heterocycles. The maximum atomic E-state index is 10.9. The van der Waals surface area contributed by atoms with E-state index in [1.54, 1.807) is 7.05 Å². The molecule has 0 aliphatic heterocycles. The lowest BCUT2D eigenvalue weighted by molar-refractivity contribution is -0.120. The molecule has 2 N–H and O–H groups in total. The molecule has 1 amide bonds. The average molecular weight is 200 g/mol. The van der Waals surface area contributed by atoms with Gasteiger partial charge in [-0.25, -0.2) is 0 Å². The van der Waals surface area contributed by atoms with Gasteiger partial charge in [0.15, 0.2) is 0 Å². The lowest BCUT2D eigenvalue weighted by Gasteiger charge is -2.19. The molecule has 84 valence electrons. The SMILES string of the molecule is CCC(C)C(C)NCCCC(=O)NC. The summed E-state index contributed by atoms with van der Waals surface area (Å²) < 4.78 is 0. The Kier molecular flexibility index (Phi) is 7.48. The topological polar surface area (TPSA) is 41.1 Å². The molecule has 14 heavy (non-hydrogen) atoms. The fourth-order valence-electron chi connectivity index (χ4n) is 1.26. The number of rotatable bonds is 7. The zero-order valence-electron chi connectivity index (χ0n) is 9.89. The number of hydrogen-bond acceptors (Lipinski definition) is 2. The zero-order chi connectivity index (χ0) is 11.0. The van der Waals surface area contributed by atoms with Gasteiger partial charge in [0.1, 0.15) is 0 Å². The second-order valence-electron chi connectivity index (χ2n) is 3.91. The van der Waals surface area contributed by atoms with Crippen LogP contribution in [-0.4, -0.2) is 25.5 Å². The lowest BCUT2D eigenvalue weighted by atomic mass is 10.0. The molecule has 0 spiro atoms. The maximum absolute atomic E-state index is 10.9. The van der Waals surface area contributed by atoms with Gasteiger partial charge in [0.05, 0.1) is 0 Å². The van der Waals surface area contributed by atoms with E-state index < -0.39 is 0 Å². The van der Waals surface area contributed by atoms with E-state index in [4.69, 9.17) is 0 Å². The Bertz CT molecular complexity index is 159. The van der Waals surface area contributed by atoms with E-state index in [1.807, 2.05) is 0 Å². The predicted octanol–water partition coefficient (Wildman–Crippen LogP) is 1.54. The van der Waals surface area contributed by atoms with Crippen LogP contribution >= 0.6 is 0 Å². The van der Waals surface area contributed by atoms with Gasteiger partial charge in [-0.05, 0) is 25.8 Å². The molecule has 0 aromatic carbocycles. The Balaban J connectivity index is 3.40. The standard InChI is InChI=1S/C11H24N2O/c1-5-9(2)10(3)13-8-6-7-11(14)12-4/h9-10,13H,5-8H2,1-4H3,(H,12,14). The van der Waals surface area contributed by atoms with Crippen molar-refractivity contribution in [3.63, 3.8) is 0 Å². The largest absolute Gasteiger partial charge is 0.359 e. The summed E-state index contributed by atoms with van der Waals surface area (Å²) in [7, 11) is 1.68. The molecule has 0 aromatic heterocycles. The van der Waals surface area contributed by atoms with Crippen molar-refractivity contribution in [2.24, 2.45) is 5.92 Å². The Labute approximate surface area is 87.6 Å². The van der Waals surface area contributed by atoms with Crippen LogP contribution in [0.15, 0.2) is 0 Å². The highest BCUT2D eigenvalue weighted by Crippen LogP contribution is 2.06. The van der Waals surface area contributed by atoms with Gasteiger partial charge < -0.3 is 10.6 Å². The van der Waals surface area contributed by atoms with Crippen molar-refractivity contribution in [1.82, 2.24) is 10.6 Å². The van der Waals surface area contributed by atoms with Crippen molar-refractivity contribution in [2.45, 2.75) is 46.1 Å². The second-order valence-corrected chi connectivity index (χ2v) is 3.91. The fourth-order valence-corrected chi connectivity index (χ4v) is 1.26. The van der Waals surface area contributed by atoms with E-state index in [-0.39, 0.29) is 5.91 Å². The maximum Gasteiger partial charge on any atom is 0.219 e. The molecule has 2 unspecified atom stereocenters. The third kappa shape index (κ3) is 5.97. The summed E-state index contributed by atoms with van der Waals surface area (Å²) in [6.45, 7) is 7.58. The van der Waals surface area contributed by atoms with E-state index in [9.17, 15) is 4.79 Å². The molecule has 0 saturated carbocycles. The molecule has 0 radical (unpaired) electrons. The molecular formula is C11H24N2O. The highest BCUT2D eigenvalue weighted by atomic mass is 16.1. The number of carbonyl (C=O) groups excluding carboxylic acids is 1. The smallest absolute Gasteiger partial charge is 0.219 e. The third-order valence-corrected chi connectivity index (χ3v) is 2.82. The van der Waals surface area contributed by atoms with Gasteiger partial charge in [0.2, 0.25) is 5.91 Å². The Hall–Kier alpha value is -0.570. The van der Waals surface area contributed by atoms with Crippen LogP contribution in [0.4, 0.5) is 0 Å². The van der Waals surface area contributed by atoms with Crippen LogP contribution in [0.25, 0.3) is 0 Å². The monoisotopic (exact) mass is 200 g/mol. The first-order valence-corrected chi connectivity index (χ1v) is 5.55. The Morgan fingerprint density at radius 1 is 1.36 bits per heavy atom. The number of nitrogens with one attached hydrogen (secondary N) is 2. The second kappa shape index (κ2) is 7.80. The molecule has 0 aliphatic carbocycles. The molecule has 3 nitrogen and oxygen atoms in total. The normalized spacial score (nSPS) is 14.9. The van der Waals surface area contributed by atoms with Crippen molar-refractivity contribution >= 4 is 5.91 Å². The predicted molar refractivity (Wildman–Crippen MR) is 60.2 cm³/mol. The summed E-state index contributed by atoms with van der Waals surface area (Å²) in [6.07, 6.45) is 2.74. The van der Waals surface area contributed by atoms with Gasteiger partial charge in [-0.1, -0.05) is 20.3 Å². The number of carbonyl (C=O) groups is 1. The van der Waals surface area contributed by atoms with Gasteiger partial charge in [0, 0.05) is 19.5 Å². The van der Waals surface area contributed by atoms with Gasteiger partial charge >= 0.3 is 0 Å². The van der Waals surface area contributed by atoms with E-state index in [0.717, 1.165) is 13.0 Å². The summed E-state index contributed by atoms with van der Waals surface area (Å²) in [6, 6.07) is 0.546. The van der Waals surface area contributed by atoms with Crippen LogP contribution in [0.5, 0.6) is 0 Å². The quantitative estimate of drug-likeness (QED) is 0.612. The molecule has 0 fully saturated rings. The molecular weight excluding hydrogens is 176 g/mol. The molecule has 0 bridgehead atoms. The van der Waals surface area contributed by atoms with Crippen LogP contribution in [0.3, 0.4) is 0 Å². The van der Waals surface area contributed by atoms with Gasteiger partial charge in [0.25, 0.3) is 0 Å². The van der Waals surface area contributed by atoms with Crippen molar-refractivity contribution in [1.29, 1.82) is 0 Å². The minimum Gasteiger partial charge on any atom is -0.359 e. The molecule has 0 aliphatic rings. The van der Waals surface area contributed by atoms with Crippen LogP contribution in [0.1, 0.15) is 40.0 Å². The summed E-state index contributed by atoms with van der Waals surface area (Å²) in [5.41, 5.74) is 0. The Morgan fingerprint density at radius 3 is 2.50 bits per heavy atom. The van der Waals surface area contributed by atoms with Crippen molar-refractivity contribution in [3.05, 3.63) is 0 Å².